The van der Waals surface area contributed by atoms with E-state index in [1.54, 1.807) is 0 Å². The van der Waals surface area contributed by atoms with Gasteiger partial charge in [0.25, 0.3) is 5.56 Å². The molecule has 1 aliphatic carbocycles. The molecule has 0 spiro atoms. The number of para-hydroxylation sites is 1. The minimum absolute atomic E-state index is 0. The number of thiazole rings is 1. The summed E-state index contributed by atoms with van der Waals surface area (Å²) in [6.07, 6.45) is 3.04. The van der Waals surface area contributed by atoms with Crippen molar-refractivity contribution < 1.29 is 13.7 Å². The van der Waals surface area contributed by atoms with Crippen LogP contribution in [0.1, 0.15) is 17.8 Å². The molecule has 0 amide bonds. The number of H-pyrrole nitrogens is 1. The Hall–Kier alpha value is -3.11. The fourth-order valence-electron chi connectivity index (χ4n) is 3.07. The van der Waals surface area contributed by atoms with Gasteiger partial charge >= 0.3 is 0 Å². The molecule has 1 saturated carbocycles. The SMILES string of the molecule is N.O=c1cc(-c2cnc(OC3CC(F)(c4nc5ccccc5s4)C3)cn2)o[nH]1. The van der Waals surface area contributed by atoms with E-state index >= 15 is 4.39 Å². The van der Waals surface area contributed by atoms with Gasteiger partial charge in [-0.25, -0.2) is 19.3 Å². The van der Waals surface area contributed by atoms with Gasteiger partial charge < -0.3 is 15.4 Å². The fraction of sp³-hybridized carbons (Fsp3) is 0.222. The van der Waals surface area contributed by atoms with Crippen LogP contribution in [0.2, 0.25) is 0 Å². The first kappa shape index (κ1) is 18.3. The minimum Gasteiger partial charge on any atom is -0.473 e. The molecular weight excluding hydrogens is 385 g/mol. The van der Waals surface area contributed by atoms with Crippen LogP contribution in [0, 0.1) is 0 Å². The Bertz CT molecular complexity index is 1130. The lowest BCUT2D eigenvalue weighted by molar-refractivity contribution is -0.0487. The largest absolute Gasteiger partial charge is 0.473 e. The Kier molecular flexibility index (Phi) is 4.44. The number of hydrogen-bond donors (Lipinski definition) is 2. The van der Waals surface area contributed by atoms with Crippen molar-refractivity contribution in [1.82, 2.24) is 26.3 Å². The standard InChI is InChI=1S/C18H13FN4O3S.H3N/c19-18(17-22-11-3-1-2-4-14(11)27-17)6-10(7-18)25-16-9-20-12(8-21-16)13-5-15(24)23-26-13;/h1-5,8-10H,6-7H2,(H,23,24);1H3. The number of nitrogens with zero attached hydrogens (tertiary/aromatic N) is 3. The van der Waals surface area contributed by atoms with Crippen molar-refractivity contribution in [2.75, 3.05) is 0 Å². The van der Waals surface area contributed by atoms with Crippen LogP contribution in [0.4, 0.5) is 4.39 Å². The summed E-state index contributed by atoms with van der Waals surface area (Å²) in [5, 5.41) is 2.68. The highest BCUT2D eigenvalue weighted by atomic mass is 32.1. The second-order valence-electron chi connectivity index (χ2n) is 6.42. The van der Waals surface area contributed by atoms with Crippen molar-refractivity contribution in [2.24, 2.45) is 0 Å². The zero-order chi connectivity index (χ0) is 18.4. The number of aromatic nitrogens is 4. The molecule has 4 N–H and O–H groups in total. The number of rotatable bonds is 4. The van der Waals surface area contributed by atoms with E-state index in [0.29, 0.717) is 22.3 Å². The van der Waals surface area contributed by atoms with Crippen molar-refractivity contribution in [2.45, 2.75) is 24.6 Å². The molecule has 0 radical (unpaired) electrons. The van der Waals surface area contributed by atoms with Crippen molar-refractivity contribution in [3.8, 4) is 17.3 Å². The summed E-state index contributed by atoms with van der Waals surface area (Å²) < 4.78 is 26.8. The number of ether oxygens (including phenoxy) is 1. The van der Waals surface area contributed by atoms with Crippen molar-refractivity contribution >= 4 is 21.6 Å². The number of benzene rings is 1. The fourth-order valence-corrected chi connectivity index (χ4v) is 4.14. The molecule has 5 rings (SSSR count). The number of fused-ring (bicyclic) bond motifs is 1. The highest BCUT2D eigenvalue weighted by Crippen LogP contribution is 2.48. The monoisotopic (exact) mass is 401 g/mol. The normalized spacial score (nSPS) is 21.1. The van der Waals surface area contributed by atoms with Crippen molar-refractivity contribution in [3.63, 3.8) is 0 Å². The molecule has 1 aliphatic rings. The summed E-state index contributed by atoms with van der Waals surface area (Å²) >= 11 is 1.38. The van der Waals surface area contributed by atoms with Crippen LogP contribution in [0.5, 0.6) is 5.88 Å². The zero-order valence-electron chi connectivity index (χ0n) is 14.6. The quantitative estimate of drug-likeness (QED) is 0.534. The Labute approximate surface area is 162 Å². The van der Waals surface area contributed by atoms with Gasteiger partial charge in [-0.3, -0.25) is 4.79 Å². The van der Waals surface area contributed by atoms with Crippen LogP contribution in [0.25, 0.3) is 21.7 Å². The predicted octanol–water partition coefficient (Wildman–Crippen LogP) is 3.60. The Morgan fingerprint density at radius 2 is 2.07 bits per heavy atom. The van der Waals surface area contributed by atoms with Gasteiger partial charge in [-0.15, -0.1) is 11.3 Å². The topological polar surface area (TPSA) is 129 Å². The molecule has 0 atom stereocenters. The molecule has 1 aromatic carbocycles. The smallest absolute Gasteiger partial charge is 0.280 e. The van der Waals surface area contributed by atoms with Gasteiger partial charge in [0, 0.05) is 12.8 Å². The lowest BCUT2D eigenvalue weighted by Gasteiger charge is -2.39. The van der Waals surface area contributed by atoms with Gasteiger partial charge in [0.05, 0.1) is 28.7 Å². The molecule has 144 valence electrons. The Morgan fingerprint density at radius 1 is 1.25 bits per heavy atom. The number of nitrogens with one attached hydrogen (secondary N) is 1. The summed E-state index contributed by atoms with van der Waals surface area (Å²) in [6.45, 7) is 0. The lowest BCUT2D eigenvalue weighted by Crippen LogP contribution is -2.44. The third kappa shape index (κ3) is 3.16. The number of aromatic amines is 1. The second kappa shape index (κ2) is 6.80. The molecule has 0 aliphatic heterocycles. The summed E-state index contributed by atoms with van der Waals surface area (Å²) in [5.41, 5.74) is -0.591. The first-order chi connectivity index (χ1) is 13.1. The molecule has 3 heterocycles. The number of hydrogen-bond acceptors (Lipinski definition) is 8. The van der Waals surface area contributed by atoms with Crippen LogP contribution in [0.3, 0.4) is 0 Å². The van der Waals surface area contributed by atoms with E-state index in [0.717, 1.165) is 10.2 Å². The molecule has 1 fully saturated rings. The highest BCUT2D eigenvalue weighted by Gasteiger charge is 2.50. The maximum atomic E-state index is 15.1. The van der Waals surface area contributed by atoms with E-state index in [4.69, 9.17) is 9.26 Å². The highest BCUT2D eigenvalue weighted by molar-refractivity contribution is 7.18. The van der Waals surface area contributed by atoms with Crippen molar-refractivity contribution in [3.05, 3.63) is 58.1 Å². The molecule has 4 aromatic rings. The molecular formula is C18H16FN5O3S. The average molecular weight is 401 g/mol. The third-order valence-electron chi connectivity index (χ3n) is 4.47. The Morgan fingerprint density at radius 3 is 2.75 bits per heavy atom. The minimum atomic E-state index is -1.46. The van der Waals surface area contributed by atoms with Gasteiger partial charge in [-0.05, 0) is 12.1 Å². The maximum Gasteiger partial charge on any atom is 0.280 e. The van der Waals surface area contributed by atoms with E-state index in [2.05, 4.69) is 20.1 Å². The van der Waals surface area contributed by atoms with Crippen LogP contribution in [0.15, 0.2) is 52.0 Å². The average Bonchev–Trinajstić information content (AvgIpc) is 3.27. The van der Waals surface area contributed by atoms with Crippen LogP contribution >= 0.6 is 11.3 Å². The number of halogens is 1. The summed E-state index contributed by atoms with van der Waals surface area (Å²) in [4.78, 5) is 23.8. The first-order valence-corrected chi connectivity index (χ1v) is 9.13. The summed E-state index contributed by atoms with van der Waals surface area (Å²) in [7, 11) is 0. The number of alkyl halides is 1. The van der Waals surface area contributed by atoms with Crippen LogP contribution < -0.4 is 16.4 Å². The van der Waals surface area contributed by atoms with Gasteiger partial charge in [0.15, 0.2) is 11.4 Å². The van der Waals surface area contributed by atoms with Gasteiger partial charge in [0.2, 0.25) is 5.88 Å². The first-order valence-electron chi connectivity index (χ1n) is 8.32. The van der Waals surface area contributed by atoms with E-state index in [1.165, 1.54) is 29.8 Å². The summed E-state index contributed by atoms with van der Waals surface area (Å²) in [6, 6.07) is 8.92. The molecule has 8 nitrogen and oxygen atoms in total. The van der Waals surface area contributed by atoms with E-state index < -0.39 is 5.67 Å². The van der Waals surface area contributed by atoms with E-state index in [1.807, 2.05) is 24.3 Å². The lowest BCUT2D eigenvalue weighted by atomic mass is 9.79. The third-order valence-corrected chi connectivity index (χ3v) is 5.69. The predicted molar refractivity (Wildman–Crippen MR) is 101 cm³/mol. The zero-order valence-corrected chi connectivity index (χ0v) is 15.4. The van der Waals surface area contributed by atoms with E-state index in [9.17, 15) is 4.79 Å². The molecule has 0 saturated heterocycles. The van der Waals surface area contributed by atoms with Gasteiger partial charge in [0.1, 0.15) is 16.8 Å². The Balaban J connectivity index is 0.00000192. The second-order valence-corrected chi connectivity index (χ2v) is 7.45. The van der Waals surface area contributed by atoms with Crippen LogP contribution in [-0.4, -0.2) is 26.2 Å². The molecule has 28 heavy (non-hydrogen) atoms. The molecule has 0 bridgehead atoms. The van der Waals surface area contributed by atoms with Gasteiger partial charge in [-0.1, -0.05) is 12.1 Å². The maximum absolute atomic E-state index is 15.1. The van der Waals surface area contributed by atoms with Crippen molar-refractivity contribution in [1.29, 1.82) is 0 Å². The molecule has 10 heteroatoms. The molecule has 3 aromatic heterocycles. The summed E-state index contributed by atoms with van der Waals surface area (Å²) in [5.74, 6) is 0.592. The van der Waals surface area contributed by atoms with Crippen LogP contribution in [-0.2, 0) is 5.67 Å². The molecule has 0 unspecified atom stereocenters. The van der Waals surface area contributed by atoms with E-state index in [-0.39, 0.29) is 30.7 Å². The van der Waals surface area contributed by atoms with Gasteiger partial charge in [-0.2, -0.15) is 5.16 Å².